The Morgan fingerprint density at radius 3 is 1.57 bits per heavy atom. The van der Waals surface area contributed by atoms with E-state index in [1.54, 1.807) is 0 Å². The SMILES string of the molecule is C1=CC2=CN=c3ccccc3=CN2C1.C1=CC2=CN=c3ccccc3=CN2C1. The van der Waals surface area contributed by atoms with E-state index in [9.17, 15) is 0 Å². The molecule has 4 aliphatic heterocycles. The van der Waals surface area contributed by atoms with Crippen molar-refractivity contribution in [3.05, 3.63) is 118 Å². The van der Waals surface area contributed by atoms with E-state index in [4.69, 9.17) is 0 Å². The van der Waals surface area contributed by atoms with Gasteiger partial charge < -0.3 is 9.80 Å². The molecule has 0 amide bonds. The van der Waals surface area contributed by atoms with Crippen molar-refractivity contribution < 1.29 is 0 Å². The van der Waals surface area contributed by atoms with Gasteiger partial charge >= 0.3 is 0 Å². The van der Waals surface area contributed by atoms with E-state index in [0.29, 0.717) is 0 Å². The Morgan fingerprint density at radius 2 is 1.07 bits per heavy atom. The summed E-state index contributed by atoms with van der Waals surface area (Å²) in [5.74, 6) is 0. The number of hydrogen-bond donors (Lipinski definition) is 0. The molecule has 28 heavy (non-hydrogen) atoms. The van der Waals surface area contributed by atoms with Crippen LogP contribution in [0.5, 0.6) is 0 Å². The van der Waals surface area contributed by atoms with Crippen LogP contribution < -0.4 is 21.2 Å². The van der Waals surface area contributed by atoms with Crippen LogP contribution in [0, 0.1) is 0 Å². The number of hydrogen-bond acceptors (Lipinski definition) is 4. The number of nitrogens with zero attached hydrogens (tertiary/aromatic N) is 4. The summed E-state index contributed by atoms with van der Waals surface area (Å²) in [6.07, 6.45) is 16.6. The summed E-state index contributed by atoms with van der Waals surface area (Å²) >= 11 is 0. The lowest BCUT2D eigenvalue weighted by molar-refractivity contribution is 0.604. The Balaban J connectivity index is 0.000000122. The summed E-state index contributed by atoms with van der Waals surface area (Å²) < 4.78 is 0. The zero-order valence-electron chi connectivity index (χ0n) is 15.4. The highest BCUT2D eigenvalue weighted by Gasteiger charge is 2.10. The first kappa shape index (κ1) is 16.5. The molecule has 0 atom stereocenters. The first-order valence-corrected chi connectivity index (χ1v) is 9.43. The molecular weight excluding hydrogens is 344 g/mol. The lowest BCUT2D eigenvalue weighted by atomic mass is 10.3. The zero-order valence-corrected chi connectivity index (χ0v) is 15.4. The highest BCUT2D eigenvalue weighted by atomic mass is 15.1. The third-order valence-corrected chi connectivity index (χ3v) is 4.98. The van der Waals surface area contributed by atoms with E-state index in [-0.39, 0.29) is 0 Å². The van der Waals surface area contributed by atoms with Crippen molar-refractivity contribution in [3.63, 3.8) is 0 Å². The molecule has 4 aliphatic rings. The molecule has 0 bridgehead atoms. The highest BCUT2D eigenvalue weighted by Crippen LogP contribution is 2.15. The van der Waals surface area contributed by atoms with Crippen LogP contribution in [0.25, 0.3) is 12.4 Å². The topological polar surface area (TPSA) is 31.2 Å². The van der Waals surface area contributed by atoms with Gasteiger partial charge in [-0.3, -0.25) is 9.98 Å². The fourth-order valence-electron chi connectivity index (χ4n) is 3.50. The molecule has 0 unspecified atom stereocenters. The molecule has 0 saturated carbocycles. The van der Waals surface area contributed by atoms with E-state index in [2.05, 4.69) is 68.6 Å². The monoisotopic (exact) mass is 364 g/mol. The van der Waals surface area contributed by atoms with Gasteiger partial charge in [-0.05, 0) is 24.3 Å². The molecule has 0 fully saturated rings. The average molecular weight is 364 g/mol. The molecular formula is C24H20N4. The van der Waals surface area contributed by atoms with Crippen LogP contribution in [-0.2, 0) is 0 Å². The lowest BCUT2D eigenvalue weighted by Crippen LogP contribution is -2.26. The first-order chi connectivity index (χ1) is 13.9. The minimum Gasteiger partial charge on any atom is -0.342 e. The zero-order chi connectivity index (χ0) is 18.8. The molecule has 0 spiro atoms. The number of benzene rings is 2. The number of fused-ring (bicyclic) bond motifs is 4. The fourth-order valence-corrected chi connectivity index (χ4v) is 3.50. The molecule has 0 aliphatic carbocycles. The highest BCUT2D eigenvalue weighted by molar-refractivity contribution is 5.39. The maximum Gasteiger partial charge on any atom is 0.0717 e. The fraction of sp³-hybridized carbons (Fsp3) is 0.0833. The van der Waals surface area contributed by atoms with Crippen molar-refractivity contribution in [1.82, 2.24) is 9.80 Å². The summed E-state index contributed by atoms with van der Waals surface area (Å²) in [6, 6.07) is 16.4. The van der Waals surface area contributed by atoms with Crippen LogP contribution in [0.3, 0.4) is 0 Å². The van der Waals surface area contributed by atoms with Crippen LogP contribution in [0.2, 0.25) is 0 Å². The molecule has 2 aromatic rings. The number of para-hydroxylation sites is 2. The molecule has 2 aromatic carbocycles. The normalized spacial score (nSPS) is 17.4. The third kappa shape index (κ3) is 3.21. The molecule has 0 aromatic heterocycles. The Kier molecular flexibility index (Phi) is 4.22. The largest absolute Gasteiger partial charge is 0.342 e. The maximum absolute atomic E-state index is 4.44. The van der Waals surface area contributed by atoms with Gasteiger partial charge in [0.1, 0.15) is 0 Å². The molecule has 6 rings (SSSR count). The van der Waals surface area contributed by atoms with Gasteiger partial charge in [-0.15, -0.1) is 0 Å². The summed E-state index contributed by atoms with van der Waals surface area (Å²) in [4.78, 5) is 13.3. The van der Waals surface area contributed by atoms with Crippen LogP contribution in [0.15, 0.2) is 107 Å². The van der Waals surface area contributed by atoms with Gasteiger partial charge in [0.05, 0.1) is 34.5 Å². The second kappa shape index (κ2) is 7.16. The van der Waals surface area contributed by atoms with E-state index in [1.165, 1.54) is 21.8 Å². The predicted molar refractivity (Wildman–Crippen MR) is 111 cm³/mol. The van der Waals surface area contributed by atoms with Gasteiger partial charge in [0.2, 0.25) is 0 Å². The minimum absolute atomic E-state index is 0.954. The quantitative estimate of drug-likeness (QED) is 0.710. The minimum atomic E-state index is 0.954. The molecule has 4 nitrogen and oxygen atoms in total. The van der Waals surface area contributed by atoms with Crippen molar-refractivity contribution in [2.24, 2.45) is 9.98 Å². The molecule has 0 saturated heterocycles. The number of rotatable bonds is 0. The summed E-state index contributed by atoms with van der Waals surface area (Å²) in [7, 11) is 0. The van der Waals surface area contributed by atoms with Gasteiger partial charge in [-0.25, -0.2) is 0 Å². The van der Waals surface area contributed by atoms with Gasteiger partial charge in [0.25, 0.3) is 0 Å². The predicted octanol–water partition coefficient (Wildman–Crippen LogP) is 1.54. The van der Waals surface area contributed by atoms with Crippen LogP contribution in [0.1, 0.15) is 0 Å². The summed E-state index contributed by atoms with van der Waals surface area (Å²) in [5.41, 5.74) is 2.34. The van der Waals surface area contributed by atoms with Crippen LogP contribution >= 0.6 is 0 Å². The Hall–Kier alpha value is -3.66. The smallest absolute Gasteiger partial charge is 0.0717 e. The average Bonchev–Trinajstić information content (AvgIpc) is 3.28. The van der Waals surface area contributed by atoms with E-state index in [1.807, 2.05) is 48.8 Å². The third-order valence-electron chi connectivity index (χ3n) is 4.98. The van der Waals surface area contributed by atoms with Crippen molar-refractivity contribution in [3.8, 4) is 0 Å². The van der Waals surface area contributed by atoms with E-state index in [0.717, 1.165) is 23.8 Å². The Bertz CT molecular complexity index is 1180. The van der Waals surface area contributed by atoms with Gasteiger partial charge in [-0.1, -0.05) is 48.6 Å². The second-order valence-corrected chi connectivity index (χ2v) is 6.85. The van der Waals surface area contributed by atoms with E-state index < -0.39 is 0 Å². The van der Waals surface area contributed by atoms with Gasteiger partial charge in [0, 0.05) is 35.9 Å². The van der Waals surface area contributed by atoms with Crippen molar-refractivity contribution >= 4 is 12.4 Å². The van der Waals surface area contributed by atoms with Crippen molar-refractivity contribution in [1.29, 1.82) is 0 Å². The second-order valence-electron chi connectivity index (χ2n) is 6.85. The van der Waals surface area contributed by atoms with E-state index >= 15 is 0 Å². The molecule has 0 N–H and O–H groups in total. The summed E-state index contributed by atoms with van der Waals surface area (Å²) in [6.45, 7) is 1.91. The molecule has 136 valence electrons. The van der Waals surface area contributed by atoms with Crippen molar-refractivity contribution in [2.45, 2.75) is 0 Å². The Morgan fingerprint density at radius 1 is 0.607 bits per heavy atom. The first-order valence-electron chi connectivity index (χ1n) is 9.43. The molecule has 4 heteroatoms. The van der Waals surface area contributed by atoms with Crippen molar-refractivity contribution in [2.75, 3.05) is 13.1 Å². The van der Waals surface area contributed by atoms with Gasteiger partial charge in [-0.2, -0.15) is 0 Å². The van der Waals surface area contributed by atoms with Crippen LogP contribution in [-0.4, -0.2) is 22.9 Å². The Labute approximate surface area is 163 Å². The van der Waals surface area contributed by atoms with Gasteiger partial charge in [0.15, 0.2) is 0 Å². The maximum atomic E-state index is 4.44. The number of allylic oxidation sites excluding steroid dienone is 2. The molecule has 0 radical (unpaired) electrons. The summed E-state index contributed by atoms with van der Waals surface area (Å²) in [5, 5.41) is 4.45. The lowest BCUT2D eigenvalue weighted by Gasteiger charge is -2.11. The standard InChI is InChI=1S/2C12H10N2/c2*1-2-6-12-10(4-1)9-14-7-3-5-11(14)8-13-12/h2*1-6,8-9H,7H2. The molecule has 4 heterocycles. The van der Waals surface area contributed by atoms with Crippen LogP contribution in [0.4, 0.5) is 0 Å².